The van der Waals surface area contributed by atoms with Crippen LogP contribution in [0, 0.1) is 5.82 Å². The molecule has 1 atom stereocenters. The Morgan fingerprint density at radius 1 is 1.11 bits per heavy atom. The number of fused-ring (bicyclic) bond motifs is 1. The fourth-order valence-electron chi connectivity index (χ4n) is 2.56. The number of amides is 1. The maximum absolute atomic E-state index is 13.0. The fourth-order valence-corrected chi connectivity index (χ4v) is 2.56. The maximum atomic E-state index is 13.0. The quantitative estimate of drug-likeness (QED) is 0.392. The lowest BCUT2D eigenvalue weighted by molar-refractivity contribution is -0.148. The Morgan fingerprint density at radius 2 is 1.79 bits per heavy atom. The molecule has 1 heterocycles. The molecule has 0 spiro atoms. The number of benzene rings is 2. The zero-order valence-corrected chi connectivity index (χ0v) is 14.6. The van der Waals surface area contributed by atoms with Crippen molar-refractivity contribution in [1.82, 2.24) is 9.97 Å². The minimum absolute atomic E-state index is 0.142. The number of nitrogens with one attached hydrogen (secondary N) is 2. The number of methoxy groups -OCH3 is 1. The number of aromatic nitrogens is 2. The maximum Gasteiger partial charge on any atom is 0.323 e. The van der Waals surface area contributed by atoms with E-state index in [1.165, 1.54) is 12.1 Å². The average Bonchev–Trinajstić information content (AvgIpc) is 2.69. The first-order valence-corrected chi connectivity index (χ1v) is 8.08. The topological polar surface area (TPSA) is 118 Å². The molecule has 142 valence electrons. The number of hydrogen-bond donors (Lipinski definition) is 2. The summed E-state index contributed by atoms with van der Waals surface area (Å²) in [4.78, 5) is 56.1. The summed E-state index contributed by atoms with van der Waals surface area (Å²) in [6, 6.07) is 11.2. The van der Waals surface area contributed by atoms with E-state index < -0.39 is 40.6 Å². The molecular formula is C19H14FN3O5. The molecule has 0 radical (unpaired) electrons. The summed E-state index contributed by atoms with van der Waals surface area (Å²) < 4.78 is 17.6. The van der Waals surface area contributed by atoms with Crippen molar-refractivity contribution >= 4 is 34.4 Å². The van der Waals surface area contributed by atoms with Crippen molar-refractivity contribution in [1.29, 1.82) is 0 Å². The van der Waals surface area contributed by atoms with Crippen LogP contribution in [-0.2, 0) is 19.1 Å². The highest BCUT2D eigenvalue weighted by atomic mass is 19.1. The Hall–Kier alpha value is -3.88. The number of esters is 1. The number of hydrogen-bond acceptors (Lipinski definition) is 6. The molecule has 0 fully saturated rings. The first-order valence-electron chi connectivity index (χ1n) is 8.08. The number of nitrogens with zero attached hydrogens (tertiary/aromatic N) is 1. The van der Waals surface area contributed by atoms with E-state index in [0.29, 0.717) is 11.0 Å². The highest BCUT2D eigenvalue weighted by Gasteiger charge is 2.37. The molecule has 0 saturated carbocycles. The smallest absolute Gasteiger partial charge is 0.323 e. The van der Waals surface area contributed by atoms with E-state index in [-0.39, 0.29) is 5.69 Å². The van der Waals surface area contributed by atoms with Crippen LogP contribution in [0.25, 0.3) is 11.0 Å². The van der Waals surface area contributed by atoms with Crippen LogP contribution >= 0.6 is 0 Å². The van der Waals surface area contributed by atoms with Crippen molar-refractivity contribution in [3.05, 3.63) is 70.4 Å². The number of carbonyl (C=O) groups excluding carboxylic acids is 3. The fraction of sp³-hybridized carbons (Fsp3) is 0.105. The second-order valence-corrected chi connectivity index (χ2v) is 5.75. The molecule has 0 aliphatic carbocycles. The summed E-state index contributed by atoms with van der Waals surface area (Å²) in [5, 5.41) is 2.25. The summed E-state index contributed by atoms with van der Waals surface area (Å²) in [6.07, 6.45) is 0. The molecule has 0 aliphatic heterocycles. The van der Waals surface area contributed by atoms with Gasteiger partial charge in [-0.3, -0.25) is 19.2 Å². The van der Waals surface area contributed by atoms with Gasteiger partial charge in [0, 0.05) is 5.69 Å². The molecule has 3 rings (SSSR count). The molecule has 28 heavy (non-hydrogen) atoms. The number of H-pyrrole nitrogens is 1. The standard InChI is InChI=1S/C19H14FN3O5/c1-28-19(27)14(15-17(25)23-13-5-3-2-4-12(13)22-15)16(24)18(26)21-11-8-6-10(20)7-9-11/h2-9,14H,1H3,(H,21,26)(H,23,25)/t14-/m0/s1. The predicted molar refractivity (Wildman–Crippen MR) is 97.2 cm³/mol. The molecule has 0 saturated heterocycles. The van der Waals surface area contributed by atoms with Gasteiger partial charge in [-0.1, -0.05) is 12.1 Å². The lowest BCUT2D eigenvalue weighted by Crippen LogP contribution is -2.37. The van der Waals surface area contributed by atoms with Gasteiger partial charge in [-0.2, -0.15) is 0 Å². The normalized spacial score (nSPS) is 11.6. The molecule has 0 bridgehead atoms. The average molecular weight is 383 g/mol. The Kier molecular flexibility index (Phi) is 5.25. The second kappa shape index (κ2) is 7.78. The van der Waals surface area contributed by atoms with Gasteiger partial charge >= 0.3 is 5.97 Å². The summed E-state index contributed by atoms with van der Waals surface area (Å²) >= 11 is 0. The van der Waals surface area contributed by atoms with Crippen LogP contribution in [0.5, 0.6) is 0 Å². The third kappa shape index (κ3) is 3.78. The van der Waals surface area contributed by atoms with E-state index in [1.54, 1.807) is 24.3 Å². The number of halogens is 1. The largest absolute Gasteiger partial charge is 0.468 e. The van der Waals surface area contributed by atoms with Crippen LogP contribution in [0.3, 0.4) is 0 Å². The van der Waals surface area contributed by atoms with Gasteiger partial charge in [0.2, 0.25) is 5.78 Å². The Bertz CT molecular complexity index is 1120. The Morgan fingerprint density at radius 3 is 2.46 bits per heavy atom. The summed E-state index contributed by atoms with van der Waals surface area (Å²) in [5.74, 6) is -5.88. The van der Waals surface area contributed by atoms with Crippen molar-refractivity contribution in [2.24, 2.45) is 0 Å². The third-order valence-electron chi connectivity index (χ3n) is 3.92. The zero-order valence-electron chi connectivity index (χ0n) is 14.6. The van der Waals surface area contributed by atoms with E-state index in [4.69, 9.17) is 0 Å². The number of ketones is 1. The lowest BCUT2D eigenvalue weighted by Gasteiger charge is -2.13. The number of anilines is 1. The molecular weight excluding hydrogens is 369 g/mol. The van der Waals surface area contributed by atoms with Gasteiger partial charge in [0.15, 0.2) is 5.92 Å². The molecule has 1 aromatic heterocycles. The van der Waals surface area contributed by atoms with Crippen LogP contribution in [0.1, 0.15) is 11.6 Å². The number of rotatable bonds is 5. The number of aromatic amines is 1. The third-order valence-corrected chi connectivity index (χ3v) is 3.92. The number of Topliss-reactive ketones (excluding diaryl/α,β-unsaturated/α-hetero) is 1. The first kappa shape index (κ1) is 18.9. The van der Waals surface area contributed by atoms with Crippen molar-refractivity contribution in [2.75, 3.05) is 12.4 Å². The van der Waals surface area contributed by atoms with E-state index in [0.717, 1.165) is 19.2 Å². The zero-order chi connectivity index (χ0) is 20.3. The monoisotopic (exact) mass is 383 g/mol. The predicted octanol–water partition coefficient (Wildman–Crippen LogP) is 1.53. The van der Waals surface area contributed by atoms with Crippen LogP contribution in [0.2, 0.25) is 0 Å². The van der Waals surface area contributed by atoms with E-state index >= 15 is 0 Å². The van der Waals surface area contributed by atoms with Gasteiger partial charge in [0.1, 0.15) is 11.5 Å². The molecule has 0 unspecified atom stereocenters. The van der Waals surface area contributed by atoms with Gasteiger partial charge in [0.05, 0.1) is 18.1 Å². The molecule has 8 nitrogen and oxygen atoms in total. The minimum atomic E-state index is -1.85. The summed E-state index contributed by atoms with van der Waals surface area (Å²) in [6.45, 7) is 0. The lowest BCUT2D eigenvalue weighted by atomic mass is 9.99. The summed E-state index contributed by atoms with van der Waals surface area (Å²) in [7, 11) is 1.02. The molecule has 2 N–H and O–H groups in total. The van der Waals surface area contributed by atoms with Crippen LogP contribution in [0.4, 0.5) is 10.1 Å². The first-order chi connectivity index (χ1) is 13.4. The van der Waals surface area contributed by atoms with Crippen molar-refractivity contribution in [3.8, 4) is 0 Å². The van der Waals surface area contributed by atoms with Gasteiger partial charge in [-0.15, -0.1) is 0 Å². The second-order valence-electron chi connectivity index (χ2n) is 5.75. The highest BCUT2D eigenvalue weighted by molar-refractivity contribution is 6.45. The van der Waals surface area contributed by atoms with Crippen LogP contribution < -0.4 is 10.9 Å². The van der Waals surface area contributed by atoms with E-state index in [2.05, 4.69) is 20.0 Å². The van der Waals surface area contributed by atoms with Crippen LogP contribution in [-0.4, -0.2) is 34.7 Å². The van der Waals surface area contributed by atoms with E-state index in [9.17, 15) is 23.6 Å². The Balaban J connectivity index is 1.98. The van der Waals surface area contributed by atoms with Crippen molar-refractivity contribution in [3.63, 3.8) is 0 Å². The molecule has 1 amide bonds. The molecule has 3 aromatic rings. The minimum Gasteiger partial charge on any atom is -0.468 e. The molecule has 0 aliphatic rings. The number of ether oxygens (including phenoxy) is 1. The molecule has 9 heteroatoms. The SMILES string of the molecule is COC(=O)[C@H](C(=O)C(=O)Nc1ccc(F)cc1)c1nc2ccccc2[nH]c1=O. The number of para-hydroxylation sites is 2. The van der Waals surface area contributed by atoms with Gasteiger partial charge in [-0.25, -0.2) is 9.37 Å². The van der Waals surface area contributed by atoms with E-state index in [1.807, 2.05) is 0 Å². The van der Waals surface area contributed by atoms with Gasteiger partial charge in [-0.05, 0) is 36.4 Å². The Labute approximate surface area is 157 Å². The number of carbonyl (C=O) groups is 3. The van der Waals surface area contributed by atoms with Gasteiger partial charge < -0.3 is 15.0 Å². The van der Waals surface area contributed by atoms with Crippen molar-refractivity contribution < 1.29 is 23.5 Å². The van der Waals surface area contributed by atoms with Crippen LogP contribution in [0.15, 0.2) is 53.3 Å². The van der Waals surface area contributed by atoms with Gasteiger partial charge in [0.25, 0.3) is 11.5 Å². The highest BCUT2D eigenvalue weighted by Crippen LogP contribution is 2.18. The van der Waals surface area contributed by atoms with Crippen molar-refractivity contribution in [2.45, 2.75) is 5.92 Å². The molecule has 2 aromatic carbocycles. The summed E-state index contributed by atoms with van der Waals surface area (Å²) in [5.41, 5.74) is -0.369.